The van der Waals surface area contributed by atoms with Crippen molar-refractivity contribution in [2.24, 2.45) is 4.99 Å². The summed E-state index contributed by atoms with van der Waals surface area (Å²) < 4.78 is 10.3. The molecule has 0 spiro atoms. The number of phenols is 1. The lowest BCUT2D eigenvalue weighted by Crippen LogP contribution is -2.52. The molecule has 0 atom stereocenters. The van der Waals surface area contributed by atoms with E-state index in [1.807, 2.05) is 25.1 Å². The Bertz CT molecular complexity index is 797. The number of methoxy groups -OCH3 is 1. The molecule has 152 valence electrons. The van der Waals surface area contributed by atoms with Gasteiger partial charge in [-0.3, -0.25) is 9.89 Å². The molecule has 1 aliphatic rings. The highest BCUT2D eigenvalue weighted by Gasteiger charge is 2.20. The molecule has 0 bridgehead atoms. The fourth-order valence-corrected chi connectivity index (χ4v) is 3.36. The molecule has 28 heavy (non-hydrogen) atoms. The monoisotopic (exact) mass is 387 g/mol. The summed E-state index contributed by atoms with van der Waals surface area (Å²) in [4.78, 5) is 9.04. The molecule has 0 saturated carbocycles. The average Bonchev–Trinajstić information content (AvgIpc) is 3.11. The van der Waals surface area contributed by atoms with Crippen molar-refractivity contribution >= 4 is 5.96 Å². The lowest BCUT2D eigenvalue weighted by Gasteiger charge is -2.36. The minimum Gasteiger partial charge on any atom is -0.508 e. The van der Waals surface area contributed by atoms with Gasteiger partial charge >= 0.3 is 0 Å². The molecular weight excluding hydrogens is 358 g/mol. The first-order valence-corrected chi connectivity index (χ1v) is 9.55. The number of benzene rings is 1. The number of aromatic nitrogens is 1. The van der Waals surface area contributed by atoms with Crippen LogP contribution in [0.25, 0.3) is 0 Å². The number of hydrogen-bond acceptors (Lipinski definition) is 6. The van der Waals surface area contributed by atoms with E-state index < -0.39 is 0 Å². The quantitative estimate of drug-likeness (QED) is 0.575. The van der Waals surface area contributed by atoms with Gasteiger partial charge in [0.1, 0.15) is 17.3 Å². The fourth-order valence-electron chi connectivity index (χ4n) is 3.36. The van der Waals surface area contributed by atoms with Gasteiger partial charge in [-0.25, -0.2) is 0 Å². The zero-order valence-electron chi connectivity index (χ0n) is 16.8. The molecule has 1 aromatic heterocycles. The fraction of sp³-hybridized carbons (Fsp3) is 0.500. The summed E-state index contributed by atoms with van der Waals surface area (Å²) in [6, 6.07) is 7.38. The topological polar surface area (TPSA) is 86.4 Å². The lowest BCUT2D eigenvalue weighted by molar-refractivity contribution is 0.169. The summed E-state index contributed by atoms with van der Waals surface area (Å²) in [5.74, 6) is 2.66. The van der Waals surface area contributed by atoms with Gasteiger partial charge in [-0.15, -0.1) is 0 Å². The van der Waals surface area contributed by atoms with Crippen molar-refractivity contribution in [1.82, 2.24) is 20.3 Å². The maximum atomic E-state index is 10.1. The van der Waals surface area contributed by atoms with Gasteiger partial charge in [0, 0.05) is 58.4 Å². The standard InChI is InChI=1S/C20H29N5O3/c1-15-12-17(23-28-15)14-24-8-10-25(11-9-24)20(21-2)22-7-6-16-4-5-18(27-3)13-19(16)26/h4-5,12-13,26H,6-11,14H2,1-3H3,(H,21,22). The highest BCUT2D eigenvalue weighted by molar-refractivity contribution is 5.80. The lowest BCUT2D eigenvalue weighted by atomic mass is 10.1. The summed E-state index contributed by atoms with van der Waals surface area (Å²) >= 11 is 0. The Hall–Kier alpha value is -2.74. The van der Waals surface area contributed by atoms with Crippen molar-refractivity contribution in [2.45, 2.75) is 19.9 Å². The molecule has 0 unspecified atom stereocenters. The van der Waals surface area contributed by atoms with Crippen LogP contribution in [-0.2, 0) is 13.0 Å². The van der Waals surface area contributed by atoms with Crippen LogP contribution in [0.4, 0.5) is 0 Å². The summed E-state index contributed by atoms with van der Waals surface area (Å²) in [6.07, 6.45) is 0.709. The van der Waals surface area contributed by atoms with Crippen molar-refractivity contribution in [1.29, 1.82) is 0 Å². The molecule has 1 aliphatic heterocycles. The second-order valence-corrected chi connectivity index (χ2v) is 6.91. The Morgan fingerprint density at radius 3 is 2.68 bits per heavy atom. The Kier molecular flexibility index (Phi) is 6.76. The summed E-state index contributed by atoms with van der Waals surface area (Å²) in [5, 5.41) is 17.6. The van der Waals surface area contributed by atoms with E-state index >= 15 is 0 Å². The molecule has 0 radical (unpaired) electrons. The maximum Gasteiger partial charge on any atom is 0.193 e. The molecule has 2 N–H and O–H groups in total. The van der Waals surface area contributed by atoms with Crippen molar-refractivity contribution in [3.05, 3.63) is 41.3 Å². The molecular formula is C20H29N5O3. The van der Waals surface area contributed by atoms with E-state index in [1.165, 1.54) is 0 Å². The van der Waals surface area contributed by atoms with E-state index in [4.69, 9.17) is 9.26 Å². The molecule has 8 nitrogen and oxygen atoms in total. The number of phenolic OH excluding ortho intramolecular Hbond substituents is 1. The first kappa shape index (κ1) is 20.0. The van der Waals surface area contributed by atoms with E-state index in [0.717, 1.165) is 55.7 Å². The molecule has 2 heterocycles. The third-order valence-corrected chi connectivity index (χ3v) is 4.92. The SMILES string of the molecule is CN=C(NCCc1ccc(OC)cc1O)N1CCN(Cc2cc(C)on2)CC1. The number of piperazine rings is 1. The second kappa shape index (κ2) is 9.45. The molecule has 0 amide bonds. The zero-order valence-corrected chi connectivity index (χ0v) is 16.8. The van der Waals surface area contributed by atoms with E-state index in [2.05, 4.69) is 25.3 Å². The highest BCUT2D eigenvalue weighted by Crippen LogP contribution is 2.23. The summed E-state index contributed by atoms with van der Waals surface area (Å²) in [5.41, 5.74) is 1.87. The Balaban J connectivity index is 1.44. The van der Waals surface area contributed by atoms with Gasteiger partial charge in [-0.1, -0.05) is 11.2 Å². The van der Waals surface area contributed by atoms with Crippen LogP contribution in [0.5, 0.6) is 11.5 Å². The van der Waals surface area contributed by atoms with Crippen LogP contribution in [0.15, 0.2) is 33.8 Å². The van der Waals surface area contributed by atoms with E-state index in [0.29, 0.717) is 18.7 Å². The summed E-state index contributed by atoms with van der Waals surface area (Å²) in [7, 11) is 3.39. The van der Waals surface area contributed by atoms with Crippen LogP contribution in [0.3, 0.4) is 0 Å². The van der Waals surface area contributed by atoms with Gasteiger partial charge in [0.25, 0.3) is 0 Å². The van der Waals surface area contributed by atoms with Crippen LogP contribution < -0.4 is 10.1 Å². The number of ether oxygens (including phenoxy) is 1. The average molecular weight is 387 g/mol. The Morgan fingerprint density at radius 1 is 1.29 bits per heavy atom. The molecule has 1 fully saturated rings. The third-order valence-electron chi connectivity index (χ3n) is 4.92. The third kappa shape index (κ3) is 5.16. The van der Waals surface area contributed by atoms with Crippen molar-refractivity contribution < 1.29 is 14.4 Å². The predicted octanol–water partition coefficient (Wildman–Crippen LogP) is 1.63. The van der Waals surface area contributed by atoms with Crippen LogP contribution in [0, 0.1) is 6.92 Å². The minimum atomic E-state index is 0.257. The smallest absolute Gasteiger partial charge is 0.193 e. The van der Waals surface area contributed by atoms with Gasteiger partial charge < -0.3 is 24.6 Å². The number of nitrogens with zero attached hydrogens (tertiary/aromatic N) is 4. The van der Waals surface area contributed by atoms with Crippen molar-refractivity contribution in [3.8, 4) is 11.5 Å². The van der Waals surface area contributed by atoms with E-state index in [9.17, 15) is 5.11 Å². The normalized spacial score (nSPS) is 15.7. The largest absolute Gasteiger partial charge is 0.508 e. The number of hydrogen-bond donors (Lipinski definition) is 2. The second-order valence-electron chi connectivity index (χ2n) is 6.91. The molecule has 3 rings (SSSR count). The predicted molar refractivity (Wildman–Crippen MR) is 108 cm³/mol. The van der Waals surface area contributed by atoms with Gasteiger partial charge in [0.15, 0.2) is 5.96 Å². The number of guanidine groups is 1. The highest BCUT2D eigenvalue weighted by atomic mass is 16.5. The van der Waals surface area contributed by atoms with Gasteiger partial charge in [0.05, 0.1) is 12.8 Å². The summed E-state index contributed by atoms with van der Waals surface area (Å²) in [6.45, 7) is 7.14. The number of aromatic hydroxyl groups is 1. The van der Waals surface area contributed by atoms with Crippen LogP contribution in [0.1, 0.15) is 17.0 Å². The van der Waals surface area contributed by atoms with Crippen LogP contribution in [-0.4, -0.2) is 72.9 Å². The van der Waals surface area contributed by atoms with Crippen molar-refractivity contribution in [2.75, 3.05) is 46.9 Å². The van der Waals surface area contributed by atoms with E-state index in [1.54, 1.807) is 20.2 Å². The van der Waals surface area contributed by atoms with Gasteiger partial charge in [-0.05, 0) is 25.0 Å². The van der Waals surface area contributed by atoms with Gasteiger partial charge in [0.2, 0.25) is 0 Å². The molecule has 2 aromatic rings. The number of aryl methyl sites for hydroxylation is 1. The van der Waals surface area contributed by atoms with Crippen LogP contribution >= 0.6 is 0 Å². The van der Waals surface area contributed by atoms with Gasteiger partial charge in [-0.2, -0.15) is 0 Å². The van der Waals surface area contributed by atoms with Crippen molar-refractivity contribution in [3.63, 3.8) is 0 Å². The number of aliphatic imine (C=N–C) groups is 1. The maximum absolute atomic E-state index is 10.1. The Labute approximate surface area is 165 Å². The molecule has 8 heteroatoms. The minimum absolute atomic E-state index is 0.257. The number of nitrogens with one attached hydrogen (secondary N) is 1. The van der Waals surface area contributed by atoms with Crippen LogP contribution in [0.2, 0.25) is 0 Å². The first-order chi connectivity index (χ1) is 13.6. The first-order valence-electron chi connectivity index (χ1n) is 9.55. The zero-order chi connectivity index (χ0) is 19.9. The van der Waals surface area contributed by atoms with E-state index in [-0.39, 0.29) is 5.75 Å². The Morgan fingerprint density at radius 2 is 2.07 bits per heavy atom. The molecule has 0 aliphatic carbocycles. The number of rotatable bonds is 6. The molecule has 1 saturated heterocycles. The molecule has 1 aromatic carbocycles.